The zero-order valence-corrected chi connectivity index (χ0v) is 13.3. The Morgan fingerprint density at radius 2 is 2.19 bits per heavy atom. The Kier molecular flexibility index (Phi) is 6.85. The molecule has 0 bridgehead atoms. The van der Waals surface area contributed by atoms with Gasteiger partial charge in [0.05, 0.1) is 0 Å². The summed E-state index contributed by atoms with van der Waals surface area (Å²) in [6, 6.07) is 6.54. The van der Waals surface area contributed by atoms with Crippen LogP contribution in [0.25, 0.3) is 5.57 Å². The molecule has 1 aromatic rings. The largest absolute Gasteiger partial charge is 0.339 e. The lowest BCUT2D eigenvalue weighted by Crippen LogP contribution is -2.29. The molecular formula is C16H22ClFN2O. The van der Waals surface area contributed by atoms with Crippen molar-refractivity contribution in [3.8, 4) is 0 Å². The summed E-state index contributed by atoms with van der Waals surface area (Å²) in [5.74, 6) is 0.207. The van der Waals surface area contributed by atoms with E-state index in [9.17, 15) is 9.18 Å². The number of benzene rings is 1. The molecule has 116 valence electrons. The van der Waals surface area contributed by atoms with E-state index in [1.807, 2.05) is 11.9 Å². The van der Waals surface area contributed by atoms with Crippen LogP contribution in [0.15, 0.2) is 30.3 Å². The van der Waals surface area contributed by atoms with Crippen LogP contribution in [0, 0.1) is 11.7 Å². The zero-order chi connectivity index (χ0) is 14.5. The van der Waals surface area contributed by atoms with Gasteiger partial charge in [0.2, 0.25) is 5.91 Å². The number of likely N-dealkylation sites (tertiary alicyclic amines) is 1. The van der Waals surface area contributed by atoms with E-state index in [1.54, 1.807) is 31.2 Å². The number of nitrogens with zero attached hydrogens (tertiary/aromatic N) is 1. The van der Waals surface area contributed by atoms with Crippen LogP contribution in [0.3, 0.4) is 0 Å². The molecule has 5 heteroatoms. The average Bonchev–Trinajstić information content (AvgIpc) is 2.88. The second-order valence-electron chi connectivity index (χ2n) is 5.30. The molecule has 1 amide bonds. The van der Waals surface area contributed by atoms with Crippen LogP contribution >= 0.6 is 12.4 Å². The third kappa shape index (κ3) is 4.55. The molecule has 1 saturated heterocycles. The summed E-state index contributed by atoms with van der Waals surface area (Å²) >= 11 is 0. The number of rotatable bonds is 4. The third-order valence-electron chi connectivity index (χ3n) is 3.73. The Labute approximate surface area is 131 Å². The Morgan fingerprint density at radius 1 is 1.48 bits per heavy atom. The van der Waals surface area contributed by atoms with Gasteiger partial charge in [0.25, 0.3) is 0 Å². The predicted octanol–water partition coefficient (Wildman–Crippen LogP) is 2.72. The molecule has 1 unspecified atom stereocenters. The van der Waals surface area contributed by atoms with Gasteiger partial charge in [0.15, 0.2) is 0 Å². The highest BCUT2D eigenvalue weighted by Gasteiger charge is 2.24. The second-order valence-corrected chi connectivity index (χ2v) is 5.30. The highest BCUT2D eigenvalue weighted by atomic mass is 35.5. The van der Waals surface area contributed by atoms with E-state index in [1.165, 1.54) is 6.07 Å². The number of hydrogen-bond donors (Lipinski definition) is 1. The van der Waals surface area contributed by atoms with Crippen molar-refractivity contribution in [2.75, 3.05) is 26.7 Å². The third-order valence-corrected chi connectivity index (χ3v) is 3.73. The molecule has 1 heterocycles. The number of halogens is 2. The number of carbonyl (C=O) groups excluding carboxylic acids is 1. The molecule has 1 aliphatic rings. The lowest BCUT2D eigenvalue weighted by atomic mass is 10.1. The summed E-state index contributed by atoms with van der Waals surface area (Å²) < 4.78 is 13.7. The Morgan fingerprint density at radius 3 is 2.86 bits per heavy atom. The van der Waals surface area contributed by atoms with Crippen molar-refractivity contribution in [2.45, 2.75) is 13.3 Å². The van der Waals surface area contributed by atoms with Crippen LogP contribution in [0.4, 0.5) is 4.39 Å². The molecule has 0 spiro atoms. The maximum atomic E-state index is 13.7. The highest BCUT2D eigenvalue weighted by molar-refractivity contribution is 5.95. The van der Waals surface area contributed by atoms with Crippen LogP contribution < -0.4 is 5.32 Å². The van der Waals surface area contributed by atoms with Gasteiger partial charge >= 0.3 is 0 Å². The molecule has 1 N–H and O–H groups in total. The molecule has 1 aromatic carbocycles. The topological polar surface area (TPSA) is 32.3 Å². The van der Waals surface area contributed by atoms with E-state index in [-0.39, 0.29) is 24.1 Å². The fourth-order valence-corrected chi connectivity index (χ4v) is 2.62. The van der Waals surface area contributed by atoms with Crippen LogP contribution in [-0.2, 0) is 4.79 Å². The van der Waals surface area contributed by atoms with Crippen LogP contribution in [0.1, 0.15) is 18.9 Å². The Bertz CT molecular complexity index is 519. The van der Waals surface area contributed by atoms with Crippen LogP contribution in [0.2, 0.25) is 0 Å². The smallest absolute Gasteiger partial charge is 0.246 e. The monoisotopic (exact) mass is 312 g/mol. The van der Waals surface area contributed by atoms with Crippen molar-refractivity contribution in [3.05, 3.63) is 41.7 Å². The first-order chi connectivity index (χ1) is 9.61. The minimum atomic E-state index is -0.288. The van der Waals surface area contributed by atoms with Gasteiger partial charge in [-0.2, -0.15) is 0 Å². The minimum absolute atomic E-state index is 0. The van der Waals surface area contributed by atoms with Crippen LogP contribution in [-0.4, -0.2) is 37.5 Å². The first kappa shape index (κ1) is 17.7. The first-order valence-corrected chi connectivity index (χ1v) is 6.98. The zero-order valence-electron chi connectivity index (χ0n) is 12.4. The van der Waals surface area contributed by atoms with E-state index >= 15 is 0 Å². The minimum Gasteiger partial charge on any atom is -0.339 e. The number of hydrogen-bond acceptors (Lipinski definition) is 2. The van der Waals surface area contributed by atoms with Crippen molar-refractivity contribution in [1.82, 2.24) is 10.2 Å². The van der Waals surface area contributed by atoms with Crippen LogP contribution in [0.5, 0.6) is 0 Å². The molecule has 0 saturated carbocycles. The highest BCUT2D eigenvalue weighted by Crippen LogP contribution is 2.20. The summed E-state index contributed by atoms with van der Waals surface area (Å²) in [5, 5.41) is 3.14. The van der Waals surface area contributed by atoms with Crippen molar-refractivity contribution in [1.29, 1.82) is 0 Å². The van der Waals surface area contributed by atoms with Gasteiger partial charge in [-0.3, -0.25) is 4.79 Å². The normalized spacial score (nSPS) is 18.5. The van der Waals surface area contributed by atoms with Crippen molar-refractivity contribution in [3.63, 3.8) is 0 Å². The van der Waals surface area contributed by atoms with Crippen molar-refractivity contribution >= 4 is 23.9 Å². The average molecular weight is 313 g/mol. The summed E-state index contributed by atoms with van der Waals surface area (Å²) in [6.45, 7) is 4.27. The van der Waals surface area contributed by atoms with Gasteiger partial charge in [-0.05, 0) is 44.5 Å². The van der Waals surface area contributed by atoms with Gasteiger partial charge in [-0.15, -0.1) is 12.4 Å². The quantitative estimate of drug-likeness (QED) is 0.867. The Hall–Kier alpha value is -1.39. The molecule has 21 heavy (non-hydrogen) atoms. The maximum absolute atomic E-state index is 13.7. The van der Waals surface area contributed by atoms with E-state index in [2.05, 4.69) is 5.32 Å². The summed E-state index contributed by atoms with van der Waals surface area (Å²) in [6.07, 6.45) is 2.57. The SMILES string of the molecule is CNCC1CCN(C(=O)C=C(C)c2ccccc2F)C1.Cl. The number of allylic oxidation sites excluding steroid dienone is 1. The fourth-order valence-electron chi connectivity index (χ4n) is 2.62. The van der Waals surface area contributed by atoms with Crippen molar-refractivity contribution in [2.24, 2.45) is 5.92 Å². The summed E-state index contributed by atoms with van der Waals surface area (Å²) in [5.41, 5.74) is 1.16. The fraction of sp³-hybridized carbons (Fsp3) is 0.438. The number of nitrogens with one attached hydrogen (secondary N) is 1. The molecule has 3 nitrogen and oxygen atoms in total. The van der Waals surface area contributed by atoms with Crippen molar-refractivity contribution < 1.29 is 9.18 Å². The van der Waals surface area contributed by atoms with E-state index in [0.717, 1.165) is 26.1 Å². The standard InChI is InChI=1S/C16H21FN2O.ClH/c1-12(14-5-3-4-6-15(14)17)9-16(20)19-8-7-13(11-19)10-18-2;/h3-6,9,13,18H,7-8,10-11H2,1-2H3;1H. The number of amides is 1. The molecule has 1 atom stereocenters. The number of carbonyl (C=O) groups is 1. The predicted molar refractivity (Wildman–Crippen MR) is 85.9 cm³/mol. The second kappa shape index (κ2) is 8.15. The molecular weight excluding hydrogens is 291 g/mol. The Balaban J connectivity index is 0.00000220. The first-order valence-electron chi connectivity index (χ1n) is 6.98. The molecule has 1 aliphatic heterocycles. The molecule has 0 radical (unpaired) electrons. The van der Waals surface area contributed by atoms with Gasteiger partial charge in [-0.25, -0.2) is 4.39 Å². The molecule has 1 fully saturated rings. The van der Waals surface area contributed by atoms with Gasteiger partial charge < -0.3 is 10.2 Å². The van der Waals surface area contributed by atoms with Gasteiger partial charge in [0, 0.05) is 24.7 Å². The van der Waals surface area contributed by atoms with E-state index in [0.29, 0.717) is 17.1 Å². The van der Waals surface area contributed by atoms with Gasteiger partial charge in [0.1, 0.15) is 5.82 Å². The summed E-state index contributed by atoms with van der Waals surface area (Å²) in [4.78, 5) is 14.0. The lowest BCUT2D eigenvalue weighted by Gasteiger charge is -2.15. The van der Waals surface area contributed by atoms with E-state index in [4.69, 9.17) is 0 Å². The molecule has 0 aliphatic carbocycles. The molecule has 2 rings (SSSR count). The molecule has 0 aromatic heterocycles. The maximum Gasteiger partial charge on any atom is 0.246 e. The van der Waals surface area contributed by atoms with E-state index < -0.39 is 0 Å². The summed E-state index contributed by atoms with van der Waals surface area (Å²) in [7, 11) is 1.92. The van der Waals surface area contributed by atoms with Gasteiger partial charge in [-0.1, -0.05) is 18.2 Å². The lowest BCUT2D eigenvalue weighted by molar-refractivity contribution is -0.125.